The predicted octanol–water partition coefficient (Wildman–Crippen LogP) is 5.01. The lowest BCUT2D eigenvalue weighted by atomic mass is 9.95. The highest BCUT2D eigenvalue weighted by molar-refractivity contribution is 5.88. The number of aromatic nitrogens is 2. The van der Waals surface area contributed by atoms with Crippen molar-refractivity contribution in [3.8, 4) is 0 Å². The molecule has 156 valence electrons. The van der Waals surface area contributed by atoms with E-state index in [0.29, 0.717) is 10.8 Å². The highest BCUT2D eigenvalue weighted by Gasteiger charge is 2.23. The molecule has 0 saturated carbocycles. The third-order valence-corrected chi connectivity index (χ3v) is 5.97. The van der Waals surface area contributed by atoms with Gasteiger partial charge < -0.3 is 9.13 Å². The van der Waals surface area contributed by atoms with Crippen molar-refractivity contribution in [3.63, 3.8) is 0 Å². The first-order valence-electron chi connectivity index (χ1n) is 11.3. The van der Waals surface area contributed by atoms with Crippen LogP contribution >= 0.6 is 0 Å². The number of nitrogens with zero attached hydrogens (tertiary/aromatic N) is 2. The number of rotatable bonds is 10. The van der Waals surface area contributed by atoms with E-state index in [2.05, 4.69) is 41.5 Å². The fourth-order valence-electron chi connectivity index (χ4n) is 4.58. The number of pyridine rings is 2. The van der Waals surface area contributed by atoms with Crippen LogP contribution in [0, 0.1) is 0 Å². The Labute approximate surface area is 169 Å². The van der Waals surface area contributed by atoms with Crippen LogP contribution in [0.3, 0.4) is 0 Å². The third-order valence-electron chi connectivity index (χ3n) is 5.97. The van der Waals surface area contributed by atoms with Gasteiger partial charge in [0.1, 0.15) is 0 Å². The maximum atomic E-state index is 13.6. The molecule has 0 aromatic carbocycles. The standard InChI is InChI=1S/C24H38N2O2/c1-7-13-15-25-19(11-5)17(9-3)22-21(23(25)27)18(10-4)20(12-6)26(24(22)28)16-14-8-2/h7-16H2,1-6H3. The van der Waals surface area contributed by atoms with Gasteiger partial charge in [-0.25, -0.2) is 0 Å². The first-order valence-corrected chi connectivity index (χ1v) is 11.3. The first-order chi connectivity index (χ1) is 13.5. The van der Waals surface area contributed by atoms with Crippen LogP contribution in [0.1, 0.15) is 89.7 Å². The second-order valence-corrected chi connectivity index (χ2v) is 7.64. The van der Waals surface area contributed by atoms with Gasteiger partial charge in [0.25, 0.3) is 11.1 Å². The summed E-state index contributed by atoms with van der Waals surface area (Å²) in [5.41, 5.74) is 4.37. The monoisotopic (exact) mass is 386 g/mol. The van der Waals surface area contributed by atoms with Crippen molar-refractivity contribution in [2.24, 2.45) is 0 Å². The van der Waals surface area contributed by atoms with Gasteiger partial charge in [0, 0.05) is 24.5 Å². The summed E-state index contributed by atoms with van der Waals surface area (Å²) < 4.78 is 3.94. The zero-order chi connectivity index (χ0) is 20.8. The third kappa shape index (κ3) is 3.83. The van der Waals surface area contributed by atoms with Gasteiger partial charge in [-0.3, -0.25) is 9.59 Å². The molecule has 0 aliphatic carbocycles. The molecule has 0 radical (unpaired) electrons. The lowest BCUT2D eigenvalue weighted by Crippen LogP contribution is -2.33. The van der Waals surface area contributed by atoms with Gasteiger partial charge in [-0.2, -0.15) is 0 Å². The smallest absolute Gasteiger partial charge is 0.259 e. The van der Waals surface area contributed by atoms with E-state index >= 15 is 0 Å². The minimum absolute atomic E-state index is 0.0452. The fourth-order valence-corrected chi connectivity index (χ4v) is 4.58. The molecule has 2 aromatic heterocycles. The summed E-state index contributed by atoms with van der Waals surface area (Å²) in [7, 11) is 0. The van der Waals surface area contributed by atoms with Crippen molar-refractivity contribution in [1.82, 2.24) is 9.13 Å². The minimum atomic E-state index is 0.0452. The molecule has 0 N–H and O–H groups in total. The van der Waals surface area contributed by atoms with Crippen LogP contribution in [0.2, 0.25) is 0 Å². The number of unbranched alkanes of at least 4 members (excludes halogenated alkanes) is 2. The van der Waals surface area contributed by atoms with Crippen molar-refractivity contribution < 1.29 is 0 Å². The molecule has 2 aromatic rings. The van der Waals surface area contributed by atoms with Gasteiger partial charge in [-0.05, 0) is 49.7 Å². The zero-order valence-corrected chi connectivity index (χ0v) is 18.8. The topological polar surface area (TPSA) is 44.0 Å². The molecule has 2 rings (SSSR count). The maximum absolute atomic E-state index is 13.6. The van der Waals surface area contributed by atoms with Gasteiger partial charge in [-0.1, -0.05) is 54.4 Å². The van der Waals surface area contributed by atoms with E-state index < -0.39 is 0 Å². The maximum Gasteiger partial charge on any atom is 0.259 e. The van der Waals surface area contributed by atoms with Gasteiger partial charge in [0.2, 0.25) is 0 Å². The van der Waals surface area contributed by atoms with Crippen LogP contribution in [0.4, 0.5) is 0 Å². The summed E-state index contributed by atoms with van der Waals surface area (Å²) in [5.74, 6) is 0. The Kier molecular flexibility index (Phi) is 8.09. The van der Waals surface area contributed by atoms with Gasteiger partial charge in [0.05, 0.1) is 10.8 Å². The molecule has 0 atom stereocenters. The average Bonchev–Trinajstić information content (AvgIpc) is 2.71. The van der Waals surface area contributed by atoms with Crippen molar-refractivity contribution in [2.45, 2.75) is 106 Å². The summed E-state index contributed by atoms with van der Waals surface area (Å²) in [4.78, 5) is 27.2. The molecule has 2 heterocycles. The summed E-state index contributed by atoms with van der Waals surface area (Å²) in [6.07, 6.45) is 7.19. The van der Waals surface area contributed by atoms with Crippen molar-refractivity contribution >= 4 is 10.8 Å². The first kappa shape index (κ1) is 22.4. The Balaban J connectivity index is 3.09. The molecule has 4 heteroatoms. The van der Waals surface area contributed by atoms with Crippen molar-refractivity contribution in [1.29, 1.82) is 0 Å². The van der Waals surface area contributed by atoms with Gasteiger partial charge in [0.15, 0.2) is 0 Å². The average molecular weight is 387 g/mol. The lowest BCUT2D eigenvalue weighted by Gasteiger charge is -2.23. The number of hydrogen-bond acceptors (Lipinski definition) is 2. The highest BCUT2D eigenvalue weighted by atomic mass is 16.1. The van der Waals surface area contributed by atoms with Crippen LogP contribution < -0.4 is 11.1 Å². The molecule has 0 aliphatic rings. The quantitative estimate of drug-likeness (QED) is 0.576. The van der Waals surface area contributed by atoms with Gasteiger partial charge in [-0.15, -0.1) is 0 Å². The predicted molar refractivity (Wildman–Crippen MR) is 120 cm³/mol. The number of fused-ring (bicyclic) bond motifs is 1. The second kappa shape index (κ2) is 10.1. The Morgan fingerprint density at radius 3 is 1.18 bits per heavy atom. The molecule has 0 bridgehead atoms. The Hall–Kier alpha value is -1.84. The molecule has 0 fully saturated rings. The molecular formula is C24H38N2O2. The summed E-state index contributed by atoms with van der Waals surface area (Å²) in [5, 5.41) is 1.39. The van der Waals surface area contributed by atoms with E-state index in [4.69, 9.17) is 0 Å². The molecule has 0 unspecified atom stereocenters. The van der Waals surface area contributed by atoms with Crippen LogP contribution in [-0.4, -0.2) is 9.13 Å². The normalized spacial score (nSPS) is 11.5. The van der Waals surface area contributed by atoms with Crippen LogP contribution in [0.15, 0.2) is 9.59 Å². The fraction of sp³-hybridized carbons (Fsp3) is 0.667. The molecule has 0 aliphatic heterocycles. The Morgan fingerprint density at radius 1 is 0.571 bits per heavy atom. The summed E-state index contributed by atoms with van der Waals surface area (Å²) in [6.45, 7) is 14.2. The van der Waals surface area contributed by atoms with E-state index in [1.165, 1.54) is 0 Å². The second-order valence-electron chi connectivity index (χ2n) is 7.64. The minimum Gasteiger partial charge on any atom is -0.312 e. The number of hydrogen-bond donors (Lipinski definition) is 0. The van der Waals surface area contributed by atoms with Crippen LogP contribution in [-0.2, 0) is 38.8 Å². The van der Waals surface area contributed by atoms with E-state index in [1.54, 1.807) is 0 Å². The van der Waals surface area contributed by atoms with Crippen molar-refractivity contribution in [3.05, 3.63) is 43.2 Å². The van der Waals surface area contributed by atoms with Crippen LogP contribution in [0.25, 0.3) is 10.8 Å². The lowest BCUT2D eigenvalue weighted by molar-refractivity contribution is 0.579. The number of aryl methyl sites for hydroxylation is 2. The van der Waals surface area contributed by atoms with E-state index in [1.807, 2.05) is 9.13 Å². The van der Waals surface area contributed by atoms with Crippen LogP contribution in [0.5, 0.6) is 0 Å². The highest BCUT2D eigenvalue weighted by Crippen LogP contribution is 2.25. The molecule has 4 nitrogen and oxygen atoms in total. The van der Waals surface area contributed by atoms with Crippen molar-refractivity contribution in [2.75, 3.05) is 0 Å². The molecule has 0 saturated heterocycles. The van der Waals surface area contributed by atoms with E-state index in [-0.39, 0.29) is 11.1 Å². The molecule has 28 heavy (non-hydrogen) atoms. The molecule has 0 amide bonds. The molecule has 0 spiro atoms. The molecular weight excluding hydrogens is 348 g/mol. The van der Waals surface area contributed by atoms with Gasteiger partial charge >= 0.3 is 0 Å². The zero-order valence-electron chi connectivity index (χ0n) is 18.8. The largest absolute Gasteiger partial charge is 0.312 e. The SMILES string of the molecule is CCCCn1c(CC)c(CC)c2c(=O)n(CCCC)c(CC)c(CC)c2c1=O. The Morgan fingerprint density at radius 2 is 0.929 bits per heavy atom. The summed E-state index contributed by atoms with van der Waals surface area (Å²) >= 11 is 0. The van der Waals surface area contributed by atoms with E-state index in [9.17, 15) is 9.59 Å². The van der Waals surface area contributed by atoms with E-state index in [0.717, 1.165) is 87.0 Å². The summed E-state index contributed by atoms with van der Waals surface area (Å²) in [6, 6.07) is 0. The Bertz CT molecular complexity index is 857.